The Morgan fingerprint density at radius 2 is 2.16 bits per heavy atom. The van der Waals surface area contributed by atoms with Gasteiger partial charge in [-0.25, -0.2) is 0 Å². The van der Waals surface area contributed by atoms with Crippen LogP contribution in [0.2, 0.25) is 0 Å². The minimum atomic E-state index is -0.723. The van der Waals surface area contributed by atoms with Crippen molar-refractivity contribution in [2.45, 2.75) is 44.3 Å². The molecule has 108 valence electrons. The van der Waals surface area contributed by atoms with Crippen LogP contribution in [0, 0.1) is 0 Å². The van der Waals surface area contributed by atoms with Crippen LogP contribution in [0.1, 0.15) is 33.1 Å². The van der Waals surface area contributed by atoms with Crippen LogP contribution in [0.4, 0.5) is 0 Å². The Morgan fingerprint density at radius 1 is 1.42 bits per heavy atom. The molecule has 19 heavy (non-hydrogen) atoms. The fraction of sp³-hybridized carbons (Fsp3) is 0.750. The van der Waals surface area contributed by atoms with Crippen LogP contribution in [0.25, 0.3) is 0 Å². The Hall–Kier alpha value is -1.08. The summed E-state index contributed by atoms with van der Waals surface area (Å²) in [6.07, 6.45) is 3.27. The lowest BCUT2D eigenvalue weighted by molar-refractivity contribution is 0.477. The highest BCUT2D eigenvalue weighted by Crippen LogP contribution is 2.14. The van der Waals surface area contributed by atoms with Gasteiger partial charge in [0.2, 0.25) is 0 Å². The molecule has 0 spiro atoms. The van der Waals surface area contributed by atoms with Crippen molar-refractivity contribution < 1.29 is 0 Å². The average Bonchev–Trinajstić information content (AvgIpc) is 2.38. The zero-order chi connectivity index (χ0) is 14.3. The van der Waals surface area contributed by atoms with Gasteiger partial charge in [0, 0.05) is 18.8 Å². The third-order valence-corrected chi connectivity index (χ3v) is 3.98. The molecule has 0 aliphatic carbocycles. The largest absolute Gasteiger partial charge is 0.339 e. The van der Waals surface area contributed by atoms with Gasteiger partial charge in [-0.3, -0.25) is 19.4 Å². The molecule has 6 nitrogen and oxygen atoms in total. The first kappa shape index (κ1) is 16.0. The fourth-order valence-electron chi connectivity index (χ4n) is 1.82. The summed E-state index contributed by atoms with van der Waals surface area (Å²) in [6.45, 7) is 5.27. The number of thioether (sulfide) groups is 1. The molecule has 0 bridgehead atoms. The molecule has 1 aromatic rings. The maximum atomic E-state index is 11.2. The van der Waals surface area contributed by atoms with Crippen molar-refractivity contribution in [3.8, 4) is 0 Å². The van der Waals surface area contributed by atoms with Crippen LogP contribution in [0.5, 0.6) is 0 Å². The molecule has 1 rings (SSSR count). The predicted molar refractivity (Wildman–Crippen MR) is 77.8 cm³/mol. The number of nitrogens with one attached hydrogen (secondary N) is 2. The second-order valence-corrected chi connectivity index (χ2v) is 5.42. The number of hydrogen-bond acceptors (Lipinski definition) is 5. The van der Waals surface area contributed by atoms with E-state index in [0.29, 0.717) is 11.2 Å². The molecule has 0 saturated heterocycles. The Bertz CT molecular complexity index is 497. The highest BCUT2D eigenvalue weighted by Gasteiger charge is 2.06. The van der Waals surface area contributed by atoms with Crippen LogP contribution in [-0.2, 0) is 7.05 Å². The molecule has 1 atom stereocenters. The molecule has 0 radical (unpaired) electrons. The predicted octanol–water partition coefficient (Wildman–Crippen LogP) is 0.729. The van der Waals surface area contributed by atoms with E-state index >= 15 is 0 Å². The van der Waals surface area contributed by atoms with Crippen molar-refractivity contribution in [2.75, 3.05) is 12.3 Å². The van der Waals surface area contributed by atoms with Crippen molar-refractivity contribution in [1.82, 2.24) is 20.1 Å². The van der Waals surface area contributed by atoms with Crippen LogP contribution < -0.4 is 16.4 Å². The molecule has 7 heteroatoms. The second kappa shape index (κ2) is 8.16. The lowest BCUT2D eigenvalue weighted by atomic mass is 10.1. The van der Waals surface area contributed by atoms with Crippen molar-refractivity contribution in [3.05, 3.63) is 20.7 Å². The molecule has 0 saturated carbocycles. The van der Waals surface area contributed by atoms with Crippen LogP contribution in [0.3, 0.4) is 0 Å². The van der Waals surface area contributed by atoms with Gasteiger partial charge in [0.05, 0.1) is 0 Å². The molecule has 1 heterocycles. The summed E-state index contributed by atoms with van der Waals surface area (Å²) in [7, 11) is 1.68. The average molecular weight is 286 g/mol. The van der Waals surface area contributed by atoms with Gasteiger partial charge >= 0.3 is 11.1 Å². The first-order chi connectivity index (χ1) is 9.08. The second-order valence-electron chi connectivity index (χ2n) is 4.35. The normalized spacial score (nSPS) is 12.6. The van der Waals surface area contributed by atoms with Crippen molar-refractivity contribution in [2.24, 2.45) is 7.05 Å². The monoisotopic (exact) mass is 286 g/mol. The summed E-state index contributed by atoms with van der Waals surface area (Å²) in [4.78, 5) is 26.0. The van der Waals surface area contributed by atoms with Crippen molar-refractivity contribution in [3.63, 3.8) is 0 Å². The number of H-pyrrole nitrogens is 1. The van der Waals surface area contributed by atoms with Gasteiger partial charge in [0.1, 0.15) is 0 Å². The fourth-order valence-corrected chi connectivity index (χ4v) is 2.70. The molecule has 0 amide bonds. The number of hydrogen-bond donors (Lipinski definition) is 2. The summed E-state index contributed by atoms with van der Waals surface area (Å²) in [6, 6.07) is 0.554. The van der Waals surface area contributed by atoms with Crippen molar-refractivity contribution >= 4 is 11.8 Å². The van der Waals surface area contributed by atoms with E-state index in [0.717, 1.165) is 31.6 Å². The van der Waals surface area contributed by atoms with E-state index in [1.807, 2.05) is 0 Å². The van der Waals surface area contributed by atoms with Crippen LogP contribution in [-0.4, -0.2) is 33.1 Å². The summed E-state index contributed by atoms with van der Waals surface area (Å²) in [5.74, 6) is 0.883. The highest BCUT2D eigenvalue weighted by molar-refractivity contribution is 7.99. The molecule has 0 fully saturated rings. The molecule has 1 unspecified atom stereocenters. The zero-order valence-electron chi connectivity index (χ0n) is 11.7. The zero-order valence-corrected chi connectivity index (χ0v) is 12.5. The number of aromatic nitrogens is 3. The van der Waals surface area contributed by atoms with E-state index in [4.69, 9.17) is 0 Å². The molecular weight excluding hydrogens is 264 g/mol. The Morgan fingerprint density at radius 3 is 2.79 bits per heavy atom. The van der Waals surface area contributed by atoms with E-state index in [1.165, 1.54) is 16.4 Å². The van der Waals surface area contributed by atoms with E-state index in [2.05, 4.69) is 29.2 Å². The van der Waals surface area contributed by atoms with Gasteiger partial charge in [-0.1, -0.05) is 25.6 Å². The van der Waals surface area contributed by atoms with Crippen LogP contribution in [0.15, 0.2) is 14.7 Å². The van der Waals surface area contributed by atoms with E-state index in [1.54, 1.807) is 7.05 Å². The molecule has 1 aromatic heterocycles. The van der Waals surface area contributed by atoms with Crippen LogP contribution >= 0.6 is 11.8 Å². The van der Waals surface area contributed by atoms with Gasteiger partial charge < -0.3 is 5.32 Å². The van der Waals surface area contributed by atoms with E-state index < -0.39 is 11.1 Å². The minimum absolute atomic E-state index is 0.554. The van der Waals surface area contributed by atoms with Gasteiger partial charge in [-0.2, -0.15) is 4.98 Å². The van der Waals surface area contributed by atoms with E-state index in [-0.39, 0.29) is 0 Å². The topological polar surface area (TPSA) is 79.8 Å². The lowest BCUT2D eigenvalue weighted by Crippen LogP contribution is -2.33. The molecule has 0 aromatic carbocycles. The minimum Gasteiger partial charge on any atom is -0.314 e. The smallest absolute Gasteiger partial charge is 0.314 e. The van der Waals surface area contributed by atoms with Gasteiger partial charge in [-0.05, 0) is 25.8 Å². The quantitative estimate of drug-likeness (QED) is 0.418. The third-order valence-electron chi connectivity index (χ3n) is 2.86. The van der Waals surface area contributed by atoms with Gasteiger partial charge in [0.25, 0.3) is 0 Å². The lowest BCUT2D eigenvalue weighted by Gasteiger charge is -2.15. The first-order valence-electron chi connectivity index (χ1n) is 6.62. The van der Waals surface area contributed by atoms with Gasteiger partial charge in [0.15, 0.2) is 5.16 Å². The summed E-state index contributed by atoms with van der Waals surface area (Å²) in [5.41, 5.74) is -1.40. The molecule has 2 N–H and O–H groups in total. The highest BCUT2D eigenvalue weighted by atomic mass is 32.2. The summed E-state index contributed by atoms with van der Waals surface area (Å²) >= 11 is 1.49. The maximum absolute atomic E-state index is 11.2. The van der Waals surface area contributed by atoms with E-state index in [9.17, 15) is 9.59 Å². The number of rotatable bonds is 8. The Balaban J connectivity index is 2.43. The maximum Gasteiger partial charge on any atom is 0.339 e. The molecule has 0 aliphatic rings. The SMILES string of the molecule is CCNC(CC)CCCSc1nc(=O)c(=O)[nH]n1C. The first-order valence-corrected chi connectivity index (χ1v) is 7.60. The summed E-state index contributed by atoms with van der Waals surface area (Å²) < 4.78 is 1.50. The number of aryl methyl sites for hydroxylation is 1. The Kier molecular flexibility index (Phi) is 6.86. The Labute approximate surface area is 117 Å². The number of nitrogens with zero attached hydrogens (tertiary/aromatic N) is 2. The molecular formula is C12H22N4O2S. The number of aromatic amines is 1. The third kappa shape index (κ3) is 5.20. The van der Waals surface area contributed by atoms with Gasteiger partial charge in [-0.15, -0.1) is 0 Å². The summed E-state index contributed by atoms with van der Waals surface area (Å²) in [5, 5.41) is 6.43. The molecule has 0 aliphatic heterocycles. The standard InChI is InChI=1S/C12H22N4O2S/c1-4-9(13-5-2)7-6-8-19-12-14-10(17)11(18)15-16(12)3/h9,13H,4-8H2,1-3H3,(H,15,18). The van der Waals surface area contributed by atoms with Crippen molar-refractivity contribution in [1.29, 1.82) is 0 Å².